The molecule has 0 bridgehead atoms. The van der Waals surface area contributed by atoms with Crippen LogP contribution in [0.5, 0.6) is 0 Å². The molecule has 34 heavy (non-hydrogen) atoms. The van der Waals surface area contributed by atoms with Crippen molar-refractivity contribution in [1.29, 1.82) is 0 Å². The van der Waals surface area contributed by atoms with Crippen LogP contribution in [-0.2, 0) is 23.8 Å². The molecule has 2 fully saturated rings. The number of piperidine rings is 1. The van der Waals surface area contributed by atoms with Crippen molar-refractivity contribution in [2.75, 3.05) is 52.5 Å². The quantitative estimate of drug-likeness (QED) is 0.513. The van der Waals surface area contributed by atoms with Gasteiger partial charge in [0.15, 0.2) is 0 Å². The summed E-state index contributed by atoms with van der Waals surface area (Å²) in [6.07, 6.45) is 3.85. The average molecular weight is 485 g/mol. The molecule has 2 rings (SSSR count). The Kier molecular flexibility index (Phi) is 11.5. The van der Waals surface area contributed by atoms with Gasteiger partial charge in [-0.05, 0) is 95.2 Å². The van der Waals surface area contributed by atoms with Gasteiger partial charge in [0.25, 0.3) is 0 Å². The van der Waals surface area contributed by atoms with Gasteiger partial charge in [-0.1, -0.05) is 6.42 Å². The van der Waals surface area contributed by atoms with E-state index in [1.807, 2.05) is 55.4 Å². The fraction of sp³-hybridized carbons (Fsp3) is 0.926. The Balaban J connectivity index is 0.000000340. The molecule has 2 saturated heterocycles. The highest BCUT2D eigenvalue weighted by Gasteiger charge is 2.33. The molecule has 200 valence electrons. The van der Waals surface area contributed by atoms with E-state index in [0.717, 1.165) is 45.9 Å². The third-order valence-electron chi connectivity index (χ3n) is 6.07. The summed E-state index contributed by atoms with van der Waals surface area (Å²) in [6, 6.07) is 0. The van der Waals surface area contributed by atoms with Gasteiger partial charge in [0, 0.05) is 25.2 Å². The van der Waals surface area contributed by atoms with Gasteiger partial charge < -0.3 is 14.2 Å². The van der Waals surface area contributed by atoms with Crippen LogP contribution in [0.1, 0.15) is 88.5 Å². The maximum absolute atomic E-state index is 11.9. The molecule has 2 heterocycles. The van der Waals surface area contributed by atoms with Gasteiger partial charge in [-0.25, -0.2) is 0 Å². The predicted octanol–water partition coefficient (Wildman–Crippen LogP) is 4.53. The molecule has 0 aromatic carbocycles. The number of esters is 2. The van der Waals surface area contributed by atoms with E-state index in [4.69, 9.17) is 14.2 Å². The van der Waals surface area contributed by atoms with E-state index >= 15 is 0 Å². The molecular formula is C27H52N2O5. The van der Waals surface area contributed by atoms with Crippen molar-refractivity contribution in [1.82, 2.24) is 9.80 Å². The van der Waals surface area contributed by atoms with Gasteiger partial charge in [0.05, 0.1) is 24.0 Å². The van der Waals surface area contributed by atoms with E-state index in [9.17, 15) is 9.59 Å². The second-order valence-corrected chi connectivity index (χ2v) is 13.0. The first kappa shape index (κ1) is 30.9. The van der Waals surface area contributed by atoms with Crippen LogP contribution in [0.3, 0.4) is 0 Å². The third kappa shape index (κ3) is 11.5. The first-order valence-electron chi connectivity index (χ1n) is 12.9. The second-order valence-electron chi connectivity index (χ2n) is 13.0. The van der Waals surface area contributed by atoms with Crippen molar-refractivity contribution in [2.24, 2.45) is 10.8 Å². The number of hydrogen-bond acceptors (Lipinski definition) is 7. The zero-order chi connectivity index (χ0) is 26.2. The zero-order valence-electron chi connectivity index (χ0n) is 23.7. The van der Waals surface area contributed by atoms with E-state index in [0.29, 0.717) is 6.61 Å². The summed E-state index contributed by atoms with van der Waals surface area (Å²) in [5.41, 5.74) is -1.33. The molecule has 0 N–H and O–H groups in total. The predicted molar refractivity (Wildman–Crippen MR) is 137 cm³/mol. The minimum absolute atomic E-state index is 0.0403. The SMILES string of the molecule is CC(C)(C)C(=O)OCC(C)(C)N1CCCCC1.CC(C)(CN1CCOCC1)OC(=O)C(C)(C)C. The Morgan fingerprint density at radius 3 is 1.71 bits per heavy atom. The van der Waals surface area contributed by atoms with Crippen LogP contribution in [0, 0.1) is 10.8 Å². The Hall–Kier alpha value is -1.18. The fourth-order valence-corrected chi connectivity index (χ4v) is 3.78. The molecule has 0 spiro atoms. The monoisotopic (exact) mass is 484 g/mol. The first-order valence-corrected chi connectivity index (χ1v) is 12.9. The lowest BCUT2D eigenvalue weighted by molar-refractivity contribution is -0.168. The van der Waals surface area contributed by atoms with Crippen LogP contribution in [0.4, 0.5) is 0 Å². The van der Waals surface area contributed by atoms with Crippen LogP contribution >= 0.6 is 0 Å². The maximum atomic E-state index is 11.9. The largest absolute Gasteiger partial charge is 0.463 e. The van der Waals surface area contributed by atoms with E-state index in [2.05, 4.69) is 23.6 Å². The smallest absolute Gasteiger partial charge is 0.311 e. The van der Waals surface area contributed by atoms with Crippen molar-refractivity contribution in [2.45, 2.75) is 99.6 Å². The number of morpholine rings is 1. The summed E-state index contributed by atoms with van der Waals surface area (Å²) in [7, 11) is 0. The molecule has 0 saturated carbocycles. The van der Waals surface area contributed by atoms with Crippen LogP contribution < -0.4 is 0 Å². The fourth-order valence-electron chi connectivity index (χ4n) is 3.78. The van der Waals surface area contributed by atoms with Crippen molar-refractivity contribution < 1.29 is 23.8 Å². The van der Waals surface area contributed by atoms with Gasteiger partial charge in [0.1, 0.15) is 12.2 Å². The zero-order valence-corrected chi connectivity index (χ0v) is 23.7. The summed E-state index contributed by atoms with van der Waals surface area (Å²) < 4.78 is 16.3. The third-order valence-corrected chi connectivity index (χ3v) is 6.07. The molecular weight excluding hydrogens is 432 g/mol. The molecule has 7 heteroatoms. The lowest BCUT2D eigenvalue weighted by atomic mass is 9.96. The van der Waals surface area contributed by atoms with Crippen molar-refractivity contribution in [3.8, 4) is 0 Å². The number of nitrogens with zero attached hydrogens (tertiary/aromatic N) is 2. The molecule has 0 radical (unpaired) electrons. The molecule has 0 aromatic heterocycles. The topological polar surface area (TPSA) is 68.3 Å². The van der Waals surface area contributed by atoms with E-state index in [-0.39, 0.29) is 17.5 Å². The Morgan fingerprint density at radius 2 is 1.24 bits per heavy atom. The maximum Gasteiger partial charge on any atom is 0.311 e. The summed E-state index contributed by atoms with van der Waals surface area (Å²) in [4.78, 5) is 28.3. The lowest BCUT2D eigenvalue weighted by Gasteiger charge is -2.40. The number of rotatable bonds is 6. The first-order chi connectivity index (χ1) is 15.4. The van der Waals surface area contributed by atoms with Crippen LogP contribution in [0.25, 0.3) is 0 Å². The molecule has 0 atom stereocenters. The molecule has 7 nitrogen and oxygen atoms in total. The highest BCUT2D eigenvalue weighted by atomic mass is 16.6. The lowest BCUT2D eigenvalue weighted by Crippen LogP contribution is -2.50. The van der Waals surface area contributed by atoms with Crippen molar-refractivity contribution in [3.63, 3.8) is 0 Å². The summed E-state index contributed by atoms with van der Waals surface area (Å²) in [5, 5.41) is 0. The number of likely N-dealkylation sites (tertiary alicyclic amines) is 1. The second kappa shape index (κ2) is 12.7. The van der Waals surface area contributed by atoms with Gasteiger partial charge in [0.2, 0.25) is 0 Å². The summed E-state index contributed by atoms with van der Waals surface area (Å²) >= 11 is 0. The van der Waals surface area contributed by atoms with Gasteiger partial charge in [-0.3, -0.25) is 19.4 Å². The minimum atomic E-state index is -0.443. The minimum Gasteiger partial charge on any atom is -0.463 e. The molecule has 2 aliphatic heterocycles. The molecule has 2 aliphatic rings. The van der Waals surface area contributed by atoms with E-state index in [1.54, 1.807) is 0 Å². The van der Waals surface area contributed by atoms with Crippen LogP contribution in [-0.4, -0.2) is 85.4 Å². The standard InChI is InChI=1S/C14H27NO2.C13H25NO3/c1-13(2,3)12(16)17-11-14(4,5)15-9-7-6-8-10-15;1-12(2,3)11(15)17-13(4,5)10-14-6-8-16-9-7-14/h6-11H2,1-5H3;6-10H2,1-5H3. The Bertz CT molecular complexity index is 634. The van der Waals surface area contributed by atoms with Crippen molar-refractivity contribution >= 4 is 11.9 Å². The molecule has 0 aromatic rings. The Morgan fingerprint density at radius 1 is 0.735 bits per heavy atom. The number of hydrogen-bond donors (Lipinski definition) is 0. The summed E-state index contributed by atoms with van der Waals surface area (Å²) in [5.74, 6) is -0.252. The molecule has 0 amide bonds. The number of carbonyl (C=O) groups excluding carboxylic acids is 2. The highest BCUT2D eigenvalue weighted by molar-refractivity contribution is 5.76. The average Bonchev–Trinajstić information content (AvgIpc) is 2.72. The van der Waals surface area contributed by atoms with Crippen LogP contribution in [0.15, 0.2) is 0 Å². The molecule has 0 aliphatic carbocycles. The Labute approximate surface area is 208 Å². The van der Waals surface area contributed by atoms with Gasteiger partial charge >= 0.3 is 11.9 Å². The number of ether oxygens (including phenoxy) is 3. The normalized spacial score (nSPS) is 19.1. The van der Waals surface area contributed by atoms with E-state index in [1.165, 1.54) is 19.3 Å². The van der Waals surface area contributed by atoms with Gasteiger partial charge in [-0.15, -0.1) is 0 Å². The highest BCUT2D eigenvalue weighted by Crippen LogP contribution is 2.23. The van der Waals surface area contributed by atoms with Gasteiger partial charge in [-0.2, -0.15) is 0 Å². The molecule has 0 unspecified atom stereocenters. The van der Waals surface area contributed by atoms with Crippen LogP contribution in [0.2, 0.25) is 0 Å². The summed E-state index contributed by atoms with van der Waals surface area (Å²) in [6.45, 7) is 26.4. The number of carbonyl (C=O) groups is 2. The van der Waals surface area contributed by atoms with Crippen molar-refractivity contribution in [3.05, 3.63) is 0 Å². The van der Waals surface area contributed by atoms with E-state index < -0.39 is 16.4 Å².